The number of esters is 1. The van der Waals surface area contributed by atoms with Crippen molar-refractivity contribution in [2.24, 2.45) is 0 Å². The van der Waals surface area contributed by atoms with E-state index in [0.717, 1.165) is 25.9 Å². The molecule has 2 aliphatic rings. The number of hydrogen-bond donors (Lipinski definition) is 0. The summed E-state index contributed by atoms with van der Waals surface area (Å²) in [7, 11) is 0. The van der Waals surface area contributed by atoms with Gasteiger partial charge >= 0.3 is 5.97 Å². The number of carbonyl (C=O) groups excluding carboxylic acids is 2. The van der Waals surface area contributed by atoms with Crippen LogP contribution in [0.3, 0.4) is 0 Å². The number of halogens is 1. The van der Waals surface area contributed by atoms with Crippen LogP contribution >= 0.6 is 15.9 Å². The number of ether oxygens (including phenoxy) is 1. The first-order valence-corrected chi connectivity index (χ1v) is 7.57. The van der Waals surface area contributed by atoms with Crippen LogP contribution in [0.1, 0.15) is 32.6 Å². The minimum absolute atomic E-state index is 0.0536. The molecule has 2 saturated heterocycles. The van der Waals surface area contributed by atoms with Crippen LogP contribution < -0.4 is 0 Å². The third-order valence-electron chi connectivity index (χ3n) is 4.21. The number of ketones is 1. The molecule has 0 amide bonds. The summed E-state index contributed by atoms with van der Waals surface area (Å²) in [6, 6.07) is 0. The van der Waals surface area contributed by atoms with Crippen LogP contribution in [0, 0.1) is 0 Å². The number of rotatable bonds is 4. The molecule has 2 rings (SSSR count). The topological polar surface area (TPSA) is 46.6 Å². The van der Waals surface area contributed by atoms with Crippen molar-refractivity contribution in [3.05, 3.63) is 12.7 Å². The molecular formula is C14H20BrNO3. The average molecular weight is 330 g/mol. The van der Waals surface area contributed by atoms with Gasteiger partial charge in [-0.3, -0.25) is 14.5 Å². The molecule has 0 aromatic rings. The van der Waals surface area contributed by atoms with Crippen molar-refractivity contribution in [2.45, 2.75) is 42.5 Å². The fourth-order valence-corrected chi connectivity index (χ4v) is 3.95. The summed E-state index contributed by atoms with van der Waals surface area (Å²) in [4.78, 5) is 27.3. The maximum atomic E-state index is 12.9. The highest BCUT2D eigenvalue weighted by Gasteiger charge is 2.60. The van der Waals surface area contributed by atoms with Crippen molar-refractivity contribution in [1.82, 2.24) is 4.90 Å². The predicted molar refractivity (Wildman–Crippen MR) is 76.3 cm³/mol. The first-order chi connectivity index (χ1) is 9.01. The molecule has 2 fully saturated rings. The molecular weight excluding hydrogens is 310 g/mol. The van der Waals surface area contributed by atoms with Gasteiger partial charge in [0.2, 0.25) is 0 Å². The number of piperidine rings is 1. The number of Topliss-reactive ketones (excluding diaryl/α,β-unsaturated/α-hetero) is 1. The van der Waals surface area contributed by atoms with Gasteiger partial charge in [-0.05, 0) is 39.2 Å². The molecule has 2 aliphatic heterocycles. The number of alkyl halides is 1. The Labute approximate surface area is 122 Å². The molecule has 19 heavy (non-hydrogen) atoms. The highest BCUT2D eigenvalue weighted by Crippen LogP contribution is 2.45. The fourth-order valence-electron chi connectivity index (χ4n) is 3.29. The summed E-state index contributed by atoms with van der Waals surface area (Å²) in [6.45, 7) is 7.47. The van der Waals surface area contributed by atoms with Gasteiger partial charge in [-0.15, -0.1) is 6.58 Å². The Balaban J connectivity index is 2.33. The lowest BCUT2D eigenvalue weighted by Gasteiger charge is -2.46. The molecule has 0 bridgehead atoms. The van der Waals surface area contributed by atoms with E-state index < -0.39 is 15.8 Å². The van der Waals surface area contributed by atoms with Crippen molar-refractivity contribution in [1.29, 1.82) is 0 Å². The van der Waals surface area contributed by atoms with Gasteiger partial charge in [0.25, 0.3) is 0 Å². The molecule has 2 unspecified atom stereocenters. The minimum atomic E-state index is -1.17. The molecule has 5 heteroatoms. The van der Waals surface area contributed by atoms with E-state index in [2.05, 4.69) is 27.4 Å². The fraction of sp³-hybridized carbons (Fsp3) is 0.714. The lowest BCUT2D eigenvalue weighted by molar-refractivity contribution is -0.154. The SMILES string of the molecule is C=CCC12CCCN1CCC(Br)(C(=O)OCC)C2=O. The first kappa shape index (κ1) is 14.7. The highest BCUT2D eigenvalue weighted by molar-refractivity contribution is 9.10. The van der Waals surface area contributed by atoms with Crippen LogP contribution in [0.5, 0.6) is 0 Å². The van der Waals surface area contributed by atoms with Crippen LogP contribution in [0.4, 0.5) is 0 Å². The zero-order valence-electron chi connectivity index (χ0n) is 11.3. The summed E-state index contributed by atoms with van der Waals surface area (Å²) in [5.74, 6) is -0.503. The Morgan fingerprint density at radius 1 is 1.53 bits per heavy atom. The van der Waals surface area contributed by atoms with E-state index in [-0.39, 0.29) is 12.4 Å². The van der Waals surface area contributed by atoms with Crippen LogP contribution in [-0.2, 0) is 14.3 Å². The summed E-state index contributed by atoms with van der Waals surface area (Å²) >= 11 is 3.38. The summed E-state index contributed by atoms with van der Waals surface area (Å²) in [6.07, 6.45) is 4.64. The lowest BCUT2D eigenvalue weighted by atomic mass is 9.76. The van der Waals surface area contributed by atoms with E-state index in [1.54, 1.807) is 13.0 Å². The van der Waals surface area contributed by atoms with Crippen molar-refractivity contribution in [2.75, 3.05) is 19.7 Å². The Morgan fingerprint density at radius 3 is 2.89 bits per heavy atom. The Morgan fingerprint density at radius 2 is 2.26 bits per heavy atom. The van der Waals surface area contributed by atoms with Gasteiger partial charge in [0, 0.05) is 6.54 Å². The molecule has 0 aromatic carbocycles. The minimum Gasteiger partial charge on any atom is -0.465 e. The second-order valence-electron chi connectivity index (χ2n) is 5.22. The smallest absolute Gasteiger partial charge is 0.330 e. The van der Waals surface area contributed by atoms with E-state index in [0.29, 0.717) is 12.8 Å². The Kier molecular flexibility index (Phi) is 4.16. The van der Waals surface area contributed by atoms with Gasteiger partial charge in [-0.25, -0.2) is 0 Å². The van der Waals surface area contributed by atoms with Gasteiger partial charge in [-0.1, -0.05) is 22.0 Å². The lowest BCUT2D eigenvalue weighted by Crippen LogP contribution is -2.64. The van der Waals surface area contributed by atoms with Gasteiger partial charge in [0.15, 0.2) is 10.1 Å². The van der Waals surface area contributed by atoms with Crippen molar-refractivity contribution >= 4 is 27.7 Å². The van der Waals surface area contributed by atoms with Crippen molar-refractivity contribution in [3.63, 3.8) is 0 Å². The molecule has 0 saturated carbocycles. The van der Waals surface area contributed by atoms with E-state index >= 15 is 0 Å². The third-order valence-corrected chi connectivity index (χ3v) is 5.29. The van der Waals surface area contributed by atoms with Gasteiger partial charge in [0.05, 0.1) is 12.1 Å². The van der Waals surface area contributed by atoms with Crippen LogP contribution in [0.25, 0.3) is 0 Å². The first-order valence-electron chi connectivity index (χ1n) is 6.78. The number of hydrogen-bond acceptors (Lipinski definition) is 4. The maximum absolute atomic E-state index is 12.9. The molecule has 2 heterocycles. The molecule has 106 valence electrons. The maximum Gasteiger partial charge on any atom is 0.330 e. The Bertz CT molecular complexity index is 411. The zero-order chi connectivity index (χ0) is 14.1. The quantitative estimate of drug-likeness (QED) is 0.343. The van der Waals surface area contributed by atoms with E-state index in [4.69, 9.17) is 4.74 Å². The number of nitrogens with zero attached hydrogens (tertiary/aromatic N) is 1. The van der Waals surface area contributed by atoms with Crippen molar-refractivity contribution < 1.29 is 14.3 Å². The molecule has 0 aromatic heterocycles. The Hall–Kier alpha value is -0.680. The number of carbonyl (C=O) groups is 2. The van der Waals surface area contributed by atoms with Crippen LogP contribution in [-0.4, -0.2) is 46.2 Å². The third kappa shape index (κ3) is 2.17. The summed E-state index contributed by atoms with van der Waals surface area (Å²) < 4.78 is 3.90. The second-order valence-corrected chi connectivity index (χ2v) is 6.57. The number of fused-ring (bicyclic) bond motifs is 1. The monoisotopic (exact) mass is 329 g/mol. The van der Waals surface area contributed by atoms with Crippen molar-refractivity contribution in [3.8, 4) is 0 Å². The van der Waals surface area contributed by atoms with Gasteiger partial charge in [0.1, 0.15) is 0 Å². The van der Waals surface area contributed by atoms with E-state index in [9.17, 15) is 9.59 Å². The van der Waals surface area contributed by atoms with Crippen LogP contribution in [0.2, 0.25) is 0 Å². The van der Waals surface area contributed by atoms with Crippen LogP contribution in [0.15, 0.2) is 12.7 Å². The molecule has 0 spiro atoms. The standard InChI is InChI=1S/C14H20BrNO3/c1-3-6-13-7-5-9-16(13)10-8-14(15,11(13)17)12(18)19-4-2/h3H,1,4-10H2,2H3. The normalized spacial score (nSPS) is 34.9. The highest BCUT2D eigenvalue weighted by atomic mass is 79.9. The molecule has 4 nitrogen and oxygen atoms in total. The molecule has 2 atom stereocenters. The van der Waals surface area contributed by atoms with E-state index in [1.165, 1.54) is 0 Å². The molecule has 0 aliphatic carbocycles. The van der Waals surface area contributed by atoms with Gasteiger partial charge in [-0.2, -0.15) is 0 Å². The largest absolute Gasteiger partial charge is 0.465 e. The second kappa shape index (κ2) is 5.37. The van der Waals surface area contributed by atoms with Gasteiger partial charge < -0.3 is 4.74 Å². The summed E-state index contributed by atoms with van der Waals surface area (Å²) in [5, 5.41) is 0. The predicted octanol–water partition coefficient (Wildman–Crippen LogP) is 2.07. The molecule has 0 N–H and O–H groups in total. The molecule has 0 radical (unpaired) electrons. The summed E-state index contributed by atoms with van der Waals surface area (Å²) in [5.41, 5.74) is -0.559. The zero-order valence-corrected chi connectivity index (χ0v) is 12.9. The average Bonchev–Trinajstić information content (AvgIpc) is 2.79. The van der Waals surface area contributed by atoms with E-state index in [1.807, 2.05) is 0 Å².